The van der Waals surface area contributed by atoms with Crippen molar-refractivity contribution < 1.29 is 23.4 Å². The average Bonchev–Trinajstić information content (AvgIpc) is 2.29. The first kappa shape index (κ1) is 17.2. The van der Waals surface area contributed by atoms with Crippen LogP contribution < -0.4 is 11.1 Å². The summed E-state index contributed by atoms with van der Waals surface area (Å²) in [4.78, 5) is 11.6. The van der Waals surface area contributed by atoms with Crippen LogP contribution in [0.2, 0.25) is 0 Å². The van der Waals surface area contributed by atoms with Gasteiger partial charge in [0, 0.05) is 11.8 Å². The molecule has 0 aromatic heterocycles. The minimum Gasteiger partial charge on any atom is -0.508 e. The molecule has 1 amide bonds. The molecule has 118 valence electrons. The summed E-state index contributed by atoms with van der Waals surface area (Å²) < 4.78 is 29.8. The van der Waals surface area contributed by atoms with Crippen molar-refractivity contribution in [3.05, 3.63) is 23.8 Å². The number of ether oxygens (including phenoxy) is 1. The molecular weight excluding hydrogens is 282 g/mol. The topological polar surface area (TPSA) is 84.6 Å². The number of aromatic hydroxyl groups is 1. The molecule has 1 atom stereocenters. The highest BCUT2D eigenvalue weighted by molar-refractivity contribution is 5.85. The first-order chi connectivity index (χ1) is 9.58. The van der Waals surface area contributed by atoms with Crippen molar-refractivity contribution in [2.24, 2.45) is 5.73 Å². The summed E-state index contributed by atoms with van der Waals surface area (Å²) >= 11 is 0. The van der Waals surface area contributed by atoms with Crippen molar-refractivity contribution in [3.8, 4) is 5.75 Å². The Hall–Kier alpha value is -1.89. The molecule has 0 saturated heterocycles. The second kappa shape index (κ2) is 6.71. The van der Waals surface area contributed by atoms with E-state index in [1.54, 1.807) is 20.8 Å². The van der Waals surface area contributed by atoms with Gasteiger partial charge in [0.15, 0.2) is 0 Å². The van der Waals surface area contributed by atoms with Gasteiger partial charge in [0.05, 0.1) is 6.04 Å². The van der Waals surface area contributed by atoms with E-state index in [4.69, 9.17) is 10.5 Å². The fourth-order valence-corrected chi connectivity index (χ4v) is 1.58. The quantitative estimate of drug-likeness (QED) is 0.798. The highest BCUT2D eigenvalue weighted by Crippen LogP contribution is 2.24. The summed E-state index contributed by atoms with van der Waals surface area (Å²) in [7, 11) is 0. The molecular formula is C14H20F2N2O3. The molecule has 0 saturated carbocycles. The third-order valence-corrected chi connectivity index (χ3v) is 2.51. The number of nitrogens with two attached hydrogens (primary N) is 1. The van der Waals surface area contributed by atoms with Crippen LogP contribution in [0.5, 0.6) is 5.75 Å². The Morgan fingerprint density at radius 1 is 1.43 bits per heavy atom. The average molecular weight is 302 g/mol. The van der Waals surface area contributed by atoms with Gasteiger partial charge in [0.25, 0.3) is 6.43 Å². The fraction of sp³-hybridized carbons (Fsp3) is 0.500. The molecule has 0 fully saturated rings. The normalized spacial score (nSPS) is 13.1. The highest BCUT2D eigenvalue weighted by Gasteiger charge is 2.19. The number of alkyl halides is 2. The number of carbonyl (C=O) groups excluding carboxylic acids is 1. The Bertz CT molecular complexity index is 501. The Labute approximate surface area is 122 Å². The van der Waals surface area contributed by atoms with Crippen LogP contribution in [0, 0.1) is 0 Å². The molecule has 1 aromatic carbocycles. The van der Waals surface area contributed by atoms with E-state index in [-0.39, 0.29) is 17.7 Å². The fourth-order valence-electron chi connectivity index (χ4n) is 1.58. The standard InChI is InChI=1S/C14H20F2N2O3/c1-14(2,3)21-13(20)18-9-5-4-8(11(19)7-9)6-10(17)12(15)16/h4-5,7,10,12,19H,6,17H2,1-3H3,(H,18,20). The summed E-state index contributed by atoms with van der Waals surface area (Å²) in [6.07, 6.45) is -3.49. The van der Waals surface area contributed by atoms with Crippen molar-refractivity contribution >= 4 is 11.8 Å². The lowest BCUT2D eigenvalue weighted by Crippen LogP contribution is -2.31. The molecule has 4 N–H and O–H groups in total. The zero-order valence-corrected chi connectivity index (χ0v) is 12.2. The van der Waals surface area contributed by atoms with Crippen LogP contribution in [-0.4, -0.2) is 29.3 Å². The van der Waals surface area contributed by atoms with Crippen LogP contribution >= 0.6 is 0 Å². The number of hydrogen-bond acceptors (Lipinski definition) is 4. The van der Waals surface area contributed by atoms with Crippen LogP contribution in [0.4, 0.5) is 19.3 Å². The molecule has 0 bridgehead atoms. The van der Waals surface area contributed by atoms with E-state index in [0.29, 0.717) is 5.69 Å². The van der Waals surface area contributed by atoms with E-state index in [1.165, 1.54) is 18.2 Å². The van der Waals surface area contributed by atoms with E-state index < -0.39 is 24.2 Å². The Balaban J connectivity index is 2.72. The second-order valence-electron chi connectivity index (χ2n) is 5.67. The maximum Gasteiger partial charge on any atom is 0.412 e. The third kappa shape index (κ3) is 5.95. The van der Waals surface area contributed by atoms with Gasteiger partial charge in [0.2, 0.25) is 0 Å². The summed E-state index contributed by atoms with van der Waals surface area (Å²) in [6, 6.07) is 2.83. The maximum atomic E-state index is 12.4. The van der Waals surface area contributed by atoms with Gasteiger partial charge in [-0.15, -0.1) is 0 Å². The maximum absolute atomic E-state index is 12.4. The Kier molecular flexibility index (Phi) is 5.48. The monoisotopic (exact) mass is 302 g/mol. The van der Waals surface area contributed by atoms with Crippen molar-refractivity contribution in [2.75, 3.05) is 5.32 Å². The van der Waals surface area contributed by atoms with Gasteiger partial charge in [-0.25, -0.2) is 13.6 Å². The van der Waals surface area contributed by atoms with E-state index in [2.05, 4.69) is 5.32 Å². The van der Waals surface area contributed by atoms with Gasteiger partial charge in [-0.2, -0.15) is 0 Å². The summed E-state index contributed by atoms with van der Waals surface area (Å²) in [6.45, 7) is 5.16. The van der Waals surface area contributed by atoms with Gasteiger partial charge >= 0.3 is 6.09 Å². The Morgan fingerprint density at radius 2 is 2.05 bits per heavy atom. The molecule has 0 heterocycles. The number of rotatable bonds is 4. The van der Waals surface area contributed by atoms with E-state index >= 15 is 0 Å². The number of phenols is 1. The van der Waals surface area contributed by atoms with Crippen molar-refractivity contribution in [1.82, 2.24) is 0 Å². The van der Waals surface area contributed by atoms with Crippen LogP contribution in [0.3, 0.4) is 0 Å². The SMILES string of the molecule is CC(C)(C)OC(=O)Nc1ccc(CC(N)C(F)F)c(O)c1. The van der Waals surface area contributed by atoms with E-state index in [9.17, 15) is 18.7 Å². The zero-order valence-electron chi connectivity index (χ0n) is 12.2. The van der Waals surface area contributed by atoms with Crippen LogP contribution in [0.15, 0.2) is 18.2 Å². The van der Waals surface area contributed by atoms with Crippen molar-refractivity contribution in [1.29, 1.82) is 0 Å². The van der Waals surface area contributed by atoms with Crippen molar-refractivity contribution in [2.45, 2.75) is 45.3 Å². The summed E-state index contributed by atoms with van der Waals surface area (Å²) in [5, 5.41) is 12.2. The van der Waals surface area contributed by atoms with Crippen molar-refractivity contribution in [3.63, 3.8) is 0 Å². The molecule has 5 nitrogen and oxygen atoms in total. The van der Waals surface area contributed by atoms with Gasteiger partial charge < -0.3 is 15.6 Å². The molecule has 21 heavy (non-hydrogen) atoms. The summed E-state index contributed by atoms with van der Waals surface area (Å²) in [5.74, 6) is -0.209. The lowest BCUT2D eigenvalue weighted by Gasteiger charge is -2.20. The number of nitrogens with one attached hydrogen (secondary N) is 1. The molecule has 1 aromatic rings. The smallest absolute Gasteiger partial charge is 0.412 e. The molecule has 1 unspecified atom stereocenters. The number of phenolic OH excluding ortho intramolecular Hbond substituents is 1. The van der Waals surface area contributed by atoms with Gasteiger partial charge in [-0.3, -0.25) is 5.32 Å². The Morgan fingerprint density at radius 3 is 2.52 bits per heavy atom. The van der Waals surface area contributed by atoms with E-state index in [0.717, 1.165) is 0 Å². The highest BCUT2D eigenvalue weighted by atomic mass is 19.3. The number of amides is 1. The zero-order chi connectivity index (χ0) is 16.2. The number of anilines is 1. The number of hydrogen-bond donors (Lipinski definition) is 3. The molecule has 0 spiro atoms. The second-order valence-corrected chi connectivity index (χ2v) is 5.67. The predicted molar refractivity (Wildman–Crippen MR) is 75.6 cm³/mol. The molecule has 0 radical (unpaired) electrons. The lowest BCUT2D eigenvalue weighted by atomic mass is 10.1. The number of benzene rings is 1. The summed E-state index contributed by atoms with van der Waals surface area (Å²) in [5.41, 5.74) is 5.20. The van der Waals surface area contributed by atoms with Crippen LogP contribution in [0.25, 0.3) is 0 Å². The van der Waals surface area contributed by atoms with Gasteiger partial charge in [-0.1, -0.05) is 6.07 Å². The lowest BCUT2D eigenvalue weighted by molar-refractivity contribution is 0.0636. The molecule has 1 rings (SSSR count). The molecule has 0 aliphatic carbocycles. The van der Waals surface area contributed by atoms with Crippen LogP contribution in [-0.2, 0) is 11.2 Å². The van der Waals surface area contributed by atoms with Crippen LogP contribution in [0.1, 0.15) is 26.3 Å². The molecule has 0 aliphatic rings. The molecule has 0 aliphatic heterocycles. The third-order valence-electron chi connectivity index (χ3n) is 2.51. The number of carbonyl (C=O) groups is 1. The minimum absolute atomic E-state index is 0.157. The predicted octanol–water partition coefficient (Wildman–Crippen LogP) is 2.87. The number of halogens is 2. The minimum atomic E-state index is -2.66. The van der Waals surface area contributed by atoms with Gasteiger partial charge in [-0.05, 0) is 38.8 Å². The van der Waals surface area contributed by atoms with E-state index in [1.807, 2.05) is 0 Å². The molecule has 7 heteroatoms. The van der Waals surface area contributed by atoms with Gasteiger partial charge in [0.1, 0.15) is 11.4 Å². The first-order valence-corrected chi connectivity index (χ1v) is 6.44. The largest absolute Gasteiger partial charge is 0.508 e. The first-order valence-electron chi connectivity index (χ1n) is 6.44.